The topological polar surface area (TPSA) is 18.5 Å². The molecule has 1 aliphatic heterocycles. The maximum absolute atomic E-state index is 14.8. The van der Waals surface area contributed by atoms with Gasteiger partial charge < -0.3 is 9.47 Å². The lowest BCUT2D eigenvalue weighted by Gasteiger charge is -2.29. The first-order chi connectivity index (χ1) is 13.5. The number of benzene rings is 2. The third-order valence-corrected chi connectivity index (χ3v) is 5.26. The number of hydrogen-bond acceptors (Lipinski definition) is 2. The summed E-state index contributed by atoms with van der Waals surface area (Å²) in [6.07, 6.45) is 3.32. The van der Waals surface area contributed by atoms with Crippen LogP contribution in [0.3, 0.4) is 0 Å². The van der Waals surface area contributed by atoms with Crippen LogP contribution in [0.5, 0.6) is 0 Å². The van der Waals surface area contributed by atoms with Crippen LogP contribution in [0, 0.1) is 17.5 Å². The normalized spacial score (nSPS) is 19.8. The summed E-state index contributed by atoms with van der Waals surface area (Å²) in [6, 6.07) is 7.64. The highest BCUT2D eigenvalue weighted by Crippen LogP contribution is 2.35. The average Bonchev–Trinajstić information content (AvgIpc) is 2.70. The van der Waals surface area contributed by atoms with Crippen LogP contribution in [-0.2, 0) is 15.9 Å². The molecule has 2 aromatic carbocycles. The van der Waals surface area contributed by atoms with E-state index in [2.05, 4.69) is 0 Å². The predicted molar refractivity (Wildman–Crippen MR) is 104 cm³/mol. The van der Waals surface area contributed by atoms with Gasteiger partial charge in [-0.25, -0.2) is 13.2 Å². The molecule has 0 bridgehead atoms. The number of ether oxygens (including phenoxy) is 2. The van der Waals surface area contributed by atoms with Gasteiger partial charge in [-0.05, 0) is 49.8 Å². The molecule has 2 aromatic rings. The number of halogens is 3. The summed E-state index contributed by atoms with van der Waals surface area (Å²) < 4.78 is 55.0. The molecule has 3 rings (SSSR count). The van der Waals surface area contributed by atoms with Gasteiger partial charge in [0.25, 0.3) is 0 Å². The Labute approximate surface area is 164 Å². The third-order valence-electron chi connectivity index (χ3n) is 5.26. The molecule has 1 fully saturated rings. The molecule has 2 atom stereocenters. The van der Waals surface area contributed by atoms with Crippen molar-refractivity contribution in [1.82, 2.24) is 0 Å². The highest BCUT2D eigenvalue weighted by Gasteiger charge is 2.27. The van der Waals surface area contributed by atoms with E-state index in [4.69, 9.17) is 9.47 Å². The zero-order chi connectivity index (χ0) is 20.1. The van der Waals surface area contributed by atoms with E-state index >= 15 is 0 Å². The van der Waals surface area contributed by atoms with Crippen molar-refractivity contribution in [1.29, 1.82) is 0 Å². The van der Waals surface area contributed by atoms with E-state index in [1.165, 1.54) is 12.1 Å². The van der Waals surface area contributed by atoms with Crippen LogP contribution in [0.4, 0.5) is 13.2 Å². The summed E-state index contributed by atoms with van der Waals surface area (Å²) >= 11 is 0. The van der Waals surface area contributed by atoms with E-state index in [1.807, 2.05) is 13.8 Å². The van der Waals surface area contributed by atoms with E-state index in [0.717, 1.165) is 19.3 Å². The van der Waals surface area contributed by atoms with Gasteiger partial charge in [0.15, 0.2) is 11.6 Å². The van der Waals surface area contributed by atoms with Crippen molar-refractivity contribution in [3.8, 4) is 11.1 Å². The quantitative estimate of drug-likeness (QED) is 0.545. The van der Waals surface area contributed by atoms with Crippen LogP contribution in [0.1, 0.15) is 56.8 Å². The fourth-order valence-corrected chi connectivity index (χ4v) is 3.66. The predicted octanol–water partition coefficient (Wildman–Crippen LogP) is 6.37. The van der Waals surface area contributed by atoms with Gasteiger partial charge >= 0.3 is 0 Å². The van der Waals surface area contributed by atoms with E-state index in [-0.39, 0.29) is 23.0 Å². The highest BCUT2D eigenvalue weighted by molar-refractivity contribution is 5.65. The zero-order valence-electron chi connectivity index (χ0n) is 16.4. The van der Waals surface area contributed by atoms with Crippen LogP contribution in [0.25, 0.3) is 11.1 Å². The second-order valence-corrected chi connectivity index (χ2v) is 7.22. The van der Waals surface area contributed by atoms with Crippen LogP contribution in [0.2, 0.25) is 0 Å². The lowest BCUT2D eigenvalue weighted by molar-refractivity contribution is -0.0850. The number of hydrogen-bond donors (Lipinski definition) is 0. The molecule has 0 saturated carbocycles. The fraction of sp³-hybridized carbons (Fsp3) is 0.478. The summed E-state index contributed by atoms with van der Waals surface area (Å²) in [5.41, 5.74) is 1.20. The first kappa shape index (κ1) is 20.9. The molecule has 0 aromatic heterocycles. The Kier molecular flexibility index (Phi) is 7.13. The maximum Gasteiger partial charge on any atom is 0.167 e. The molecule has 1 heterocycles. The summed E-state index contributed by atoms with van der Waals surface area (Å²) in [6.45, 7) is 4.92. The Hall–Kier alpha value is -1.85. The Morgan fingerprint density at radius 3 is 2.50 bits per heavy atom. The van der Waals surface area contributed by atoms with Crippen molar-refractivity contribution in [3.63, 3.8) is 0 Å². The van der Waals surface area contributed by atoms with Gasteiger partial charge in [-0.3, -0.25) is 0 Å². The largest absolute Gasteiger partial charge is 0.376 e. The van der Waals surface area contributed by atoms with Gasteiger partial charge in [0, 0.05) is 17.7 Å². The second kappa shape index (κ2) is 9.57. The number of unbranched alkanes of at least 4 members (excludes halogenated alkanes) is 1. The number of aryl methyl sites for hydroxylation is 1. The van der Waals surface area contributed by atoms with Crippen LogP contribution >= 0.6 is 0 Å². The SMILES string of the molecule is CCCCc1ccc(-c2ccc(C3CCC(OCC)CO3)c(F)c2F)cc1F. The lowest BCUT2D eigenvalue weighted by Crippen LogP contribution is -2.28. The molecule has 5 heteroatoms. The number of rotatable bonds is 7. The zero-order valence-corrected chi connectivity index (χ0v) is 16.4. The van der Waals surface area contributed by atoms with Crippen molar-refractivity contribution in [2.24, 2.45) is 0 Å². The molecule has 1 saturated heterocycles. The van der Waals surface area contributed by atoms with Crippen LogP contribution in [-0.4, -0.2) is 19.3 Å². The van der Waals surface area contributed by atoms with Crippen LogP contribution < -0.4 is 0 Å². The van der Waals surface area contributed by atoms with Gasteiger partial charge in [0.05, 0.1) is 18.8 Å². The molecule has 0 amide bonds. The minimum absolute atomic E-state index is 0.00243. The smallest absolute Gasteiger partial charge is 0.167 e. The first-order valence-electron chi connectivity index (χ1n) is 10.0. The summed E-state index contributed by atoms with van der Waals surface area (Å²) in [4.78, 5) is 0. The monoisotopic (exact) mass is 392 g/mol. The molecule has 2 unspecified atom stereocenters. The molecule has 28 heavy (non-hydrogen) atoms. The van der Waals surface area contributed by atoms with Crippen molar-refractivity contribution >= 4 is 0 Å². The third kappa shape index (κ3) is 4.58. The fourth-order valence-electron chi connectivity index (χ4n) is 3.66. The van der Waals surface area contributed by atoms with Crippen molar-refractivity contribution in [2.45, 2.75) is 58.2 Å². The lowest BCUT2D eigenvalue weighted by atomic mass is 9.95. The van der Waals surface area contributed by atoms with Gasteiger partial charge in [-0.2, -0.15) is 0 Å². The van der Waals surface area contributed by atoms with Crippen molar-refractivity contribution < 1.29 is 22.6 Å². The Morgan fingerprint density at radius 2 is 1.86 bits per heavy atom. The van der Waals surface area contributed by atoms with Gasteiger partial charge in [0.1, 0.15) is 5.82 Å². The van der Waals surface area contributed by atoms with Gasteiger partial charge in [-0.1, -0.05) is 37.6 Å². The highest BCUT2D eigenvalue weighted by atomic mass is 19.2. The molecule has 0 N–H and O–H groups in total. The van der Waals surface area contributed by atoms with Gasteiger partial charge in [-0.15, -0.1) is 0 Å². The molecule has 152 valence electrons. The Morgan fingerprint density at radius 1 is 1.04 bits per heavy atom. The molecule has 2 nitrogen and oxygen atoms in total. The Balaban J connectivity index is 1.80. The first-order valence-corrected chi connectivity index (χ1v) is 10.0. The van der Waals surface area contributed by atoms with Crippen molar-refractivity contribution in [3.05, 3.63) is 58.9 Å². The van der Waals surface area contributed by atoms with E-state index in [0.29, 0.717) is 37.2 Å². The molecule has 0 radical (unpaired) electrons. The summed E-state index contributed by atoms with van der Waals surface area (Å²) in [7, 11) is 0. The molecule has 0 spiro atoms. The minimum atomic E-state index is -0.964. The second-order valence-electron chi connectivity index (χ2n) is 7.22. The summed E-state index contributed by atoms with van der Waals surface area (Å²) in [5, 5.41) is 0. The molecule has 0 aliphatic carbocycles. The van der Waals surface area contributed by atoms with E-state index in [9.17, 15) is 13.2 Å². The van der Waals surface area contributed by atoms with E-state index < -0.39 is 17.7 Å². The maximum atomic E-state index is 14.8. The van der Waals surface area contributed by atoms with Gasteiger partial charge in [0.2, 0.25) is 0 Å². The molecular formula is C23H27F3O2. The summed E-state index contributed by atoms with van der Waals surface area (Å²) in [5.74, 6) is -2.27. The van der Waals surface area contributed by atoms with Crippen molar-refractivity contribution in [2.75, 3.05) is 13.2 Å². The van der Waals surface area contributed by atoms with E-state index in [1.54, 1.807) is 18.2 Å². The van der Waals surface area contributed by atoms with Crippen LogP contribution in [0.15, 0.2) is 30.3 Å². The molecule has 1 aliphatic rings. The molecular weight excluding hydrogens is 365 g/mol. The minimum Gasteiger partial charge on any atom is -0.376 e. The Bertz CT molecular complexity index is 799. The average molecular weight is 392 g/mol. The standard InChI is InChI=1S/C23H27F3O2/c1-3-5-6-15-7-8-16(13-20(15)24)18-10-11-19(23(26)22(18)25)21-12-9-17(14-28-21)27-4-2/h7-8,10-11,13,17,21H,3-6,9,12,14H2,1-2H3.